The average Bonchev–Trinajstić information content (AvgIpc) is 3.52. The summed E-state index contributed by atoms with van der Waals surface area (Å²) < 4.78 is 14.2. The van der Waals surface area contributed by atoms with E-state index in [4.69, 9.17) is 9.97 Å². The maximum absolute atomic E-state index is 11.7. The summed E-state index contributed by atoms with van der Waals surface area (Å²) in [6.45, 7) is 2.02. The second-order valence-electron chi connectivity index (χ2n) is 8.77. The van der Waals surface area contributed by atoms with Gasteiger partial charge >= 0.3 is 0 Å². The summed E-state index contributed by atoms with van der Waals surface area (Å²) in [6, 6.07) is 18.7. The van der Waals surface area contributed by atoms with Gasteiger partial charge in [0.1, 0.15) is 17.8 Å². The molecule has 1 aromatic carbocycles. The lowest BCUT2D eigenvalue weighted by atomic mass is 10.0. The van der Waals surface area contributed by atoms with E-state index in [9.17, 15) is 4.55 Å². The molecule has 3 unspecified atom stereocenters. The van der Waals surface area contributed by atoms with Gasteiger partial charge in [-0.25, -0.2) is 4.98 Å². The van der Waals surface area contributed by atoms with E-state index in [0.29, 0.717) is 12.0 Å². The predicted octanol–water partition coefficient (Wildman–Crippen LogP) is 5.54. The molecule has 1 saturated carbocycles. The quantitative estimate of drug-likeness (QED) is 0.391. The van der Waals surface area contributed by atoms with Gasteiger partial charge in [0, 0.05) is 35.0 Å². The van der Waals surface area contributed by atoms with Gasteiger partial charge < -0.3 is 9.12 Å². The number of pyridine rings is 2. The molecule has 32 heavy (non-hydrogen) atoms. The minimum Gasteiger partial charge on any atom is -0.612 e. The molecule has 0 N–H and O–H groups in total. The molecule has 2 aliphatic rings. The van der Waals surface area contributed by atoms with Crippen molar-refractivity contribution in [2.24, 2.45) is 0 Å². The van der Waals surface area contributed by atoms with Crippen LogP contribution in [0.3, 0.4) is 0 Å². The van der Waals surface area contributed by atoms with Crippen LogP contribution in [0, 0.1) is 6.92 Å². The van der Waals surface area contributed by atoms with Gasteiger partial charge in [-0.1, -0.05) is 6.07 Å². The minimum absolute atomic E-state index is 0.520. The third-order valence-electron chi connectivity index (χ3n) is 6.72. The van der Waals surface area contributed by atoms with Crippen LogP contribution in [0.4, 0.5) is 0 Å². The first-order valence-electron chi connectivity index (χ1n) is 11.0. The summed E-state index contributed by atoms with van der Waals surface area (Å²) in [5.41, 5.74) is 7.07. The average molecular weight is 441 g/mol. The summed E-state index contributed by atoms with van der Waals surface area (Å²) in [5, 5.41) is 0. The molecule has 0 saturated heterocycles. The number of fused-ring (bicyclic) bond motifs is 5. The Morgan fingerprint density at radius 3 is 2.59 bits per heavy atom. The van der Waals surface area contributed by atoms with Crippen molar-refractivity contribution in [2.75, 3.05) is 6.26 Å². The van der Waals surface area contributed by atoms with Crippen LogP contribution in [0.25, 0.3) is 33.9 Å². The standard InChI is InChI=1S/C26H24N4OS/c1-16-4-3-5-22(28-16)24-25(30-20-9-6-19(14-20)26(30)29-24)18-12-13-27-23(15-18)17-7-10-21(11-8-17)32(2)31/h3-5,7-8,10-13,15,19-20H,6,9,14H2,1-2H3. The lowest BCUT2D eigenvalue weighted by Crippen LogP contribution is -2.08. The predicted molar refractivity (Wildman–Crippen MR) is 127 cm³/mol. The Kier molecular flexibility index (Phi) is 4.66. The van der Waals surface area contributed by atoms with Crippen LogP contribution in [0.1, 0.15) is 42.7 Å². The summed E-state index contributed by atoms with van der Waals surface area (Å²) in [4.78, 5) is 15.4. The van der Waals surface area contributed by atoms with Gasteiger partial charge in [0.2, 0.25) is 0 Å². The number of hydrogen-bond acceptors (Lipinski definition) is 4. The zero-order chi connectivity index (χ0) is 21.8. The third kappa shape index (κ3) is 3.17. The van der Waals surface area contributed by atoms with Crippen LogP contribution in [0.15, 0.2) is 65.7 Å². The summed E-state index contributed by atoms with van der Waals surface area (Å²) >= 11 is -0.989. The van der Waals surface area contributed by atoms with E-state index < -0.39 is 11.2 Å². The van der Waals surface area contributed by atoms with Gasteiger partial charge in [0.05, 0.1) is 17.1 Å². The number of aryl methyl sites for hydroxylation is 1. The monoisotopic (exact) mass is 440 g/mol. The van der Waals surface area contributed by atoms with Crippen molar-refractivity contribution in [3.63, 3.8) is 0 Å². The van der Waals surface area contributed by atoms with Gasteiger partial charge in [0.25, 0.3) is 0 Å². The fraction of sp³-hybridized carbons (Fsp3) is 0.269. The van der Waals surface area contributed by atoms with Crippen LogP contribution in [0.5, 0.6) is 0 Å². The molecule has 1 aliphatic carbocycles. The van der Waals surface area contributed by atoms with Gasteiger partial charge in [-0.05, 0) is 85.9 Å². The van der Waals surface area contributed by atoms with Crippen LogP contribution < -0.4 is 0 Å². The molecular formula is C26H24N4OS. The molecule has 0 radical (unpaired) electrons. The maximum Gasteiger partial charge on any atom is 0.152 e. The van der Waals surface area contributed by atoms with Gasteiger partial charge in [0.15, 0.2) is 4.90 Å². The number of aromatic nitrogens is 4. The molecule has 0 amide bonds. The van der Waals surface area contributed by atoms with Crippen LogP contribution in [-0.4, -0.2) is 30.3 Å². The molecule has 6 heteroatoms. The van der Waals surface area contributed by atoms with E-state index in [-0.39, 0.29) is 0 Å². The van der Waals surface area contributed by atoms with E-state index in [1.165, 1.54) is 25.1 Å². The van der Waals surface area contributed by atoms with Gasteiger partial charge in [-0.15, -0.1) is 0 Å². The Morgan fingerprint density at radius 1 is 0.969 bits per heavy atom. The smallest absolute Gasteiger partial charge is 0.152 e. The number of imidazole rings is 1. The lowest BCUT2D eigenvalue weighted by molar-refractivity contribution is 0.530. The molecule has 6 rings (SSSR count). The molecule has 2 bridgehead atoms. The largest absolute Gasteiger partial charge is 0.612 e. The Bertz CT molecular complexity index is 1310. The van der Waals surface area contributed by atoms with Crippen molar-refractivity contribution in [1.29, 1.82) is 0 Å². The molecule has 160 valence electrons. The summed E-state index contributed by atoms with van der Waals surface area (Å²) in [6.07, 6.45) is 7.22. The first-order chi connectivity index (χ1) is 15.6. The Hall–Kier alpha value is -2.96. The molecule has 4 aromatic rings. The topological polar surface area (TPSA) is 66.7 Å². The number of rotatable bonds is 4. The molecule has 1 aliphatic heterocycles. The highest BCUT2D eigenvalue weighted by molar-refractivity contribution is 7.90. The fourth-order valence-electron chi connectivity index (χ4n) is 5.22. The summed E-state index contributed by atoms with van der Waals surface area (Å²) in [7, 11) is 0. The zero-order valence-electron chi connectivity index (χ0n) is 18.2. The van der Waals surface area contributed by atoms with Crippen molar-refractivity contribution >= 4 is 11.2 Å². The van der Waals surface area contributed by atoms with E-state index in [2.05, 4.69) is 33.8 Å². The molecule has 3 atom stereocenters. The van der Waals surface area contributed by atoms with E-state index in [1.807, 2.05) is 43.5 Å². The number of benzene rings is 1. The molecule has 4 heterocycles. The first kappa shape index (κ1) is 19.7. The highest BCUT2D eigenvalue weighted by Gasteiger charge is 2.41. The van der Waals surface area contributed by atoms with Crippen LogP contribution >= 0.6 is 0 Å². The fourth-order valence-corrected chi connectivity index (χ4v) is 5.74. The molecular weight excluding hydrogens is 416 g/mol. The van der Waals surface area contributed by atoms with E-state index in [1.54, 1.807) is 6.26 Å². The highest BCUT2D eigenvalue weighted by Crippen LogP contribution is 2.52. The molecule has 1 fully saturated rings. The van der Waals surface area contributed by atoms with Crippen molar-refractivity contribution < 1.29 is 4.55 Å². The van der Waals surface area contributed by atoms with Crippen molar-refractivity contribution in [1.82, 2.24) is 19.5 Å². The summed E-state index contributed by atoms with van der Waals surface area (Å²) in [5.74, 6) is 1.77. The van der Waals surface area contributed by atoms with E-state index in [0.717, 1.165) is 44.5 Å². The second-order valence-corrected chi connectivity index (χ2v) is 10.2. The first-order valence-corrected chi connectivity index (χ1v) is 12.6. The lowest BCUT2D eigenvalue weighted by Gasteiger charge is -2.17. The van der Waals surface area contributed by atoms with Gasteiger partial charge in [-0.3, -0.25) is 9.97 Å². The van der Waals surface area contributed by atoms with Crippen LogP contribution in [-0.2, 0) is 11.2 Å². The van der Waals surface area contributed by atoms with Crippen molar-refractivity contribution in [3.8, 4) is 33.9 Å². The van der Waals surface area contributed by atoms with E-state index >= 15 is 0 Å². The van der Waals surface area contributed by atoms with Crippen molar-refractivity contribution in [2.45, 2.75) is 43.0 Å². The normalized spacial score (nSPS) is 19.8. The number of nitrogens with zero attached hydrogens (tertiary/aromatic N) is 4. The molecule has 5 nitrogen and oxygen atoms in total. The second kappa shape index (κ2) is 7.57. The molecule has 3 aromatic heterocycles. The SMILES string of the molecule is Cc1cccc(-c2nc3n(c2-c2ccnc(-c4ccc([S+](C)[O-])cc4)c2)C2CCC3C2)n1. The van der Waals surface area contributed by atoms with Gasteiger partial charge in [-0.2, -0.15) is 0 Å². The van der Waals surface area contributed by atoms with Crippen LogP contribution in [0.2, 0.25) is 0 Å². The number of hydrogen-bond donors (Lipinski definition) is 0. The Balaban J connectivity index is 1.50. The third-order valence-corrected chi connectivity index (χ3v) is 7.66. The highest BCUT2D eigenvalue weighted by atomic mass is 32.2. The van der Waals surface area contributed by atoms with Crippen molar-refractivity contribution in [3.05, 3.63) is 72.3 Å². The molecule has 0 spiro atoms. The Morgan fingerprint density at radius 2 is 1.81 bits per heavy atom. The Labute approximate surface area is 190 Å². The maximum atomic E-state index is 11.7. The zero-order valence-corrected chi connectivity index (χ0v) is 19.0. The minimum atomic E-state index is -0.989.